The van der Waals surface area contributed by atoms with Crippen LogP contribution >= 0.6 is 0 Å². The lowest BCUT2D eigenvalue weighted by molar-refractivity contribution is -0.129. The number of nitrogens with one attached hydrogen (secondary N) is 2. The first-order valence-electron chi connectivity index (χ1n) is 10.6. The molecule has 1 aliphatic heterocycles. The topological polar surface area (TPSA) is 83.3 Å². The SMILES string of the molecule is CN1CCNCC1c1noc(CNC(=O)CC23CC4CC(CC(C4)C2)C3)n1. The second-order valence-electron chi connectivity index (χ2n) is 9.62. The van der Waals surface area contributed by atoms with E-state index in [0.29, 0.717) is 24.7 Å². The number of nitrogens with zero attached hydrogens (tertiary/aromatic N) is 3. The molecule has 6 rings (SSSR count). The minimum Gasteiger partial charge on any atom is -0.347 e. The monoisotopic (exact) mass is 373 g/mol. The third-order valence-corrected chi connectivity index (χ3v) is 7.43. The van der Waals surface area contributed by atoms with E-state index in [2.05, 4.69) is 32.7 Å². The fraction of sp³-hybridized carbons (Fsp3) is 0.850. The van der Waals surface area contributed by atoms with Crippen LogP contribution < -0.4 is 10.6 Å². The molecule has 5 fully saturated rings. The summed E-state index contributed by atoms with van der Waals surface area (Å²) in [6.45, 7) is 3.12. The number of carbonyl (C=O) groups excluding carboxylic acids is 1. The van der Waals surface area contributed by atoms with E-state index in [1.807, 2.05) is 0 Å². The fourth-order valence-electron chi connectivity index (χ4n) is 6.65. The summed E-state index contributed by atoms with van der Waals surface area (Å²) in [5, 5.41) is 10.5. The minimum absolute atomic E-state index is 0.138. The quantitative estimate of drug-likeness (QED) is 0.820. The molecule has 7 nitrogen and oxygen atoms in total. The van der Waals surface area contributed by atoms with E-state index in [9.17, 15) is 4.79 Å². The highest BCUT2D eigenvalue weighted by Crippen LogP contribution is 2.61. The maximum absolute atomic E-state index is 12.6. The van der Waals surface area contributed by atoms with Crippen LogP contribution in [0.3, 0.4) is 0 Å². The maximum Gasteiger partial charge on any atom is 0.246 e. The lowest BCUT2D eigenvalue weighted by Crippen LogP contribution is -2.47. The number of aromatic nitrogens is 2. The lowest BCUT2D eigenvalue weighted by Gasteiger charge is -2.56. The van der Waals surface area contributed by atoms with Gasteiger partial charge in [-0.25, -0.2) is 0 Å². The molecular weight excluding hydrogens is 342 g/mol. The number of hydrogen-bond donors (Lipinski definition) is 2. The molecule has 5 aliphatic rings. The van der Waals surface area contributed by atoms with Gasteiger partial charge in [0.15, 0.2) is 5.82 Å². The zero-order chi connectivity index (χ0) is 18.4. The van der Waals surface area contributed by atoms with E-state index < -0.39 is 0 Å². The average molecular weight is 374 g/mol. The van der Waals surface area contributed by atoms with Crippen molar-refractivity contribution in [1.29, 1.82) is 0 Å². The molecule has 1 aromatic rings. The molecule has 0 radical (unpaired) electrons. The van der Waals surface area contributed by atoms with Gasteiger partial charge in [-0.15, -0.1) is 0 Å². The number of likely N-dealkylation sites (N-methyl/N-ethyl adjacent to an activating group) is 1. The van der Waals surface area contributed by atoms with Crippen molar-refractivity contribution in [2.75, 3.05) is 26.7 Å². The Bertz CT molecular complexity index is 667. The fourth-order valence-corrected chi connectivity index (χ4v) is 6.65. The van der Waals surface area contributed by atoms with Crippen molar-refractivity contribution in [3.05, 3.63) is 11.7 Å². The van der Waals surface area contributed by atoms with E-state index in [1.54, 1.807) is 0 Å². The third-order valence-electron chi connectivity index (χ3n) is 7.43. The molecule has 7 heteroatoms. The van der Waals surface area contributed by atoms with Crippen LogP contribution in [-0.2, 0) is 11.3 Å². The van der Waals surface area contributed by atoms with Crippen LogP contribution in [0.5, 0.6) is 0 Å². The Morgan fingerprint density at radius 3 is 2.63 bits per heavy atom. The Labute approximate surface area is 160 Å². The highest BCUT2D eigenvalue weighted by molar-refractivity contribution is 5.76. The van der Waals surface area contributed by atoms with Gasteiger partial charge >= 0.3 is 0 Å². The largest absolute Gasteiger partial charge is 0.347 e. The zero-order valence-electron chi connectivity index (χ0n) is 16.2. The van der Waals surface area contributed by atoms with Crippen molar-refractivity contribution < 1.29 is 9.32 Å². The van der Waals surface area contributed by atoms with E-state index in [1.165, 1.54) is 38.5 Å². The minimum atomic E-state index is 0.138. The van der Waals surface area contributed by atoms with E-state index in [0.717, 1.165) is 37.4 Å². The van der Waals surface area contributed by atoms with E-state index >= 15 is 0 Å². The van der Waals surface area contributed by atoms with E-state index in [4.69, 9.17) is 4.52 Å². The Hall–Kier alpha value is -1.47. The summed E-state index contributed by atoms with van der Waals surface area (Å²) < 4.78 is 5.38. The van der Waals surface area contributed by atoms with Gasteiger partial charge in [0, 0.05) is 26.1 Å². The smallest absolute Gasteiger partial charge is 0.246 e. The molecular formula is C20H31N5O2. The van der Waals surface area contributed by atoms with Crippen LogP contribution in [-0.4, -0.2) is 47.6 Å². The Balaban J connectivity index is 1.16. The summed E-state index contributed by atoms with van der Waals surface area (Å²) in [5.41, 5.74) is 0.273. The van der Waals surface area contributed by atoms with Gasteiger partial charge in [0.2, 0.25) is 11.8 Å². The highest BCUT2D eigenvalue weighted by Gasteiger charge is 2.51. The predicted molar refractivity (Wildman–Crippen MR) is 99.6 cm³/mol. The molecule has 0 aromatic carbocycles. The van der Waals surface area contributed by atoms with Crippen molar-refractivity contribution in [3.8, 4) is 0 Å². The molecule has 1 atom stereocenters. The Kier molecular flexibility index (Phi) is 4.47. The molecule has 1 amide bonds. The van der Waals surface area contributed by atoms with Gasteiger partial charge in [0.05, 0.1) is 12.6 Å². The molecule has 1 unspecified atom stereocenters. The molecule has 4 aliphatic carbocycles. The standard InChI is InChI=1S/C20H31N5O2/c1-25-3-2-21-11-16(25)19-23-18(27-24-19)12-22-17(26)10-20-7-13-4-14(8-20)6-15(5-13)9-20/h13-16,21H,2-12H2,1H3,(H,22,26). The number of amides is 1. The van der Waals surface area contributed by atoms with Crippen LogP contribution in [0.25, 0.3) is 0 Å². The summed E-state index contributed by atoms with van der Waals surface area (Å²) in [4.78, 5) is 19.4. The van der Waals surface area contributed by atoms with Crippen molar-refractivity contribution in [2.24, 2.45) is 23.2 Å². The van der Waals surface area contributed by atoms with Crippen molar-refractivity contribution in [3.63, 3.8) is 0 Å². The van der Waals surface area contributed by atoms with Gasteiger partial charge in [0.1, 0.15) is 0 Å². The molecule has 1 aromatic heterocycles. The summed E-state index contributed by atoms with van der Waals surface area (Å²) in [6, 6.07) is 0.138. The predicted octanol–water partition coefficient (Wildman–Crippen LogP) is 1.87. The highest BCUT2D eigenvalue weighted by atomic mass is 16.5. The molecule has 27 heavy (non-hydrogen) atoms. The number of carbonyl (C=O) groups is 1. The van der Waals surface area contributed by atoms with Crippen LogP contribution in [0.15, 0.2) is 4.52 Å². The van der Waals surface area contributed by atoms with Gasteiger partial charge in [-0.1, -0.05) is 5.16 Å². The van der Waals surface area contributed by atoms with Crippen LogP contribution in [0.4, 0.5) is 0 Å². The van der Waals surface area contributed by atoms with Crippen LogP contribution in [0.1, 0.15) is 62.7 Å². The molecule has 0 spiro atoms. The first-order chi connectivity index (χ1) is 13.1. The third kappa shape index (κ3) is 3.51. The van der Waals surface area contributed by atoms with Gasteiger partial charge in [0.25, 0.3) is 0 Å². The molecule has 2 N–H and O–H groups in total. The first-order valence-corrected chi connectivity index (χ1v) is 10.6. The van der Waals surface area contributed by atoms with Gasteiger partial charge in [-0.2, -0.15) is 4.98 Å². The summed E-state index contributed by atoms with van der Waals surface area (Å²) in [5.74, 6) is 3.99. The molecule has 4 bridgehead atoms. The van der Waals surface area contributed by atoms with Crippen molar-refractivity contribution in [1.82, 2.24) is 25.7 Å². The maximum atomic E-state index is 12.6. The van der Waals surface area contributed by atoms with Crippen LogP contribution in [0, 0.1) is 23.2 Å². The number of piperazine rings is 1. The number of rotatable bonds is 5. The van der Waals surface area contributed by atoms with Crippen LogP contribution in [0.2, 0.25) is 0 Å². The molecule has 1 saturated heterocycles. The van der Waals surface area contributed by atoms with Gasteiger partial charge in [-0.3, -0.25) is 9.69 Å². The summed E-state index contributed by atoms with van der Waals surface area (Å²) in [6.07, 6.45) is 8.70. The normalized spacial score (nSPS) is 38.3. The van der Waals surface area contributed by atoms with Gasteiger partial charge in [-0.05, 0) is 68.7 Å². The molecule has 4 saturated carbocycles. The van der Waals surface area contributed by atoms with Gasteiger partial charge < -0.3 is 15.2 Å². The second kappa shape index (κ2) is 6.85. The average Bonchev–Trinajstić information content (AvgIpc) is 3.07. The summed E-state index contributed by atoms with van der Waals surface area (Å²) in [7, 11) is 2.08. The lowest BCUT2D eigenvalue weighted by atomic mass is 9.49. The van der Waals surface area contributed by atoms with E-state index in [-0.39, 0.29) is 17.4 Å². The second-order valence-corrected chi connectivity index (χ2v) is 9.62. The zero-order valence-corrected chi connectivity index (χ0v) is 16.2. The molecule has 2 heterocycles. The number of hydrogen-bond acceptors (Lipinski definition) is 6. The van der Waals surface area contributed by atoms with Crippen molar-refractivity contribution >= 4 is 5.91 Å². The Morgan fingerprint density at radius 1 is 1.26 bits per heavy atom. The first kappa shape index (κ1) is 17.6. The molecule has 148 valence electrons. The summed E-state index contributed by atoms with van der Waals surface area (Å²) >= 11 is 0. The van der Waals surface area contributed by atoms with Crippen molar-refractivity contribution in [2.45, 2.75) is 57.5 Å². The Morgan fingerprint density at radius 2 is 1.96 bits per heavy atom.